The molecule has 21 heavy (non-hydrogen) atoms. The van der Waals surface area contributed by atoms with E-state index in [4.69, 9.17) is 32.7 Å². The lowest BCUT2D eigenvalue weighted by molar-refractivity contribution is 0.00537. The highest BCUT2D eigenvalue weighted by molar-refractivity contribution is 6.35. The predicted molar refractivity (Wildman–Crippen MR) is 89.6 cm³/mol. The van der Waals surface area contributed by atoms with Crippen molar-refractivity contribution in [3.05, 3.63) is 27.7 Å². The van der Waals surface area contributed by atoms with E-state index >= 15 is 0 Å². The highest BCUT2D eigenvalue weighted by atomic mass is 35.5. The Morgan fingerprint density at radius 1 is 1.24 bits per heavy atom. The normalized spacial score (nSPS) is 12.0. The van der Waals surface area contributed by atoms with Crippen LogP contribution in [-0.4, -0.2) is 25.4 Å². The van der Waals surface area contributed by atoms with Crippen LogP contribution in [0.25, 0.3) is 0 Å². The molecule has 3 nitrogen and oxygen atoms in total. The van der Waals surface area contributed by atoms with Gasteiger partial charge in [-0.15, -0.1) is 0 Å². The van der Waals surface area contributed by atoms with Gasteiger partial charge in [-0.3, -0.25) is 0 Å². The van der Waals surface area contributed by atoms with Crippen LogP contribution in [-0.2, 0) is 11.3 Å². The summed E-state index contributed by atoms with van der Waals surface area (Å²) in [6.07, 6.45) is 0.777. The SMILES string of the molecule is COC(C)(C)CCOc1c(Cl)cc(Cl)cc1CNC(C)C. The third-order valence-corrected chi connectivity index (χ3v) is 3.79. The highest BCUT2D eigenvalue weighted by Crippen LogP contribution is 2.33. The number of ether oxygens (including phenoxy) is 2. The summed E-state index contributed by atoms with van der Waals surface area (Å²) in [6, 6.07) is 3.97. The molecule has 0 saturated heterocycles. The van der Waals surface area contributed by atoms with Crippen LogP contribution >= 0.6 is 23.2 Å². The van der Waals surface area contributed by atoms with E-state index in [1.54, 1.807) is 13.2 Å². The summed E-state index contributed by atoms with van der Waals surface area (Å²) in [6.45, 7) is 9.45. The number of hydrogen-bond acceptors (Lipinski definition) is 3. The Bertz CT molecular complexity index is 462. The molecular formula is C16H25Cl2NO2. The van der Waals surface area contributed by atoms with E-state index in [0.717, 1.165) is 12.0 Å². The smallest absolute Gasteiger partial charge is 0.142 e. The quantitative estimate of drug-likeness (QED) is 0.748. The minimum Gasteiger partial charge on any atom is -0.492 e. The molecular weight excluding hydrogens is 309 g/mol. The Labute approximate surface area is 137 Å². The second-order valence-electron chi connectivity index (χ2n) is 5.97. The molecule has 5 heteroatoms. The zero-order valence-electron chi connectivity index (χ0n) is 13.4. The summed E-state index contributed by atoms with van der Waals surface area (Å²) in [7, 11) is 1.70. The Hall–Kier alpha value is -0.480. The van der Waals surface area contributed by atoms with Crippen LogP contribution in [0.2, 0.25) is 10.0 Å². The number of nitrogens with one attached hydrogen (secondary N) is 1. The summed E-state index contributed by atoms with van der Waals surface area (Å²) in [5.41, 5.74) is 0.756. The second-order valence-corrected chi connectivity index (χ2v) is 6.82. The summed E-state index contributed by atoms with van der Waals surface area (Å²) in [4.78, 5) is 0. The van der Waals surface area contributed by atoms with Crippen molar-refractivity contribution in [1.82, 2.24) is 5.32 Å². The van der Waals surface area contributed by atoms with Crippen molar-refractivity contribution in [2.45, 2.75) is 52.3 Å². The van der Waals surface area contributed by atoms with Gasteiger partial charge in [-0.2, -0.15) is 0 Å². The van der Waals surface area contributed by atoms with E-state index in [1.807, 2.05) is 19.9 Å². The second kappa shape index (κ2) is 8.23. The van der Waals surface area contributed by atoms with Crippen LogP contribution in [0.1, 0.15) is 39.7 Å². The summed E-state index contributed by atoms with van der Waals surface area (Å²) < 4.78 is 11.3. The Balaban J connectivity index is 2.79. The minimum atomic E-state index is -0.213. The molecule has 0 aliphatic carbocycles. The largest absolute Gasteiger partial charge is 0.492 e. The fourth-order valence-electron chi connectivity index (χ4n) is 1.72. The standard InChI is InChI=1S/C16H25Cl2NO2/c1-11(2)19-10-12-8-13(17)9-14(18)15(12)21-7-6-16(3,4)20-5/h8-9,11,19H,6-7,10H2,1-5H3. The molecule has 0 fully saturated rings. The first-order valence-corrected chi connectivity index (χ1v) is 7.90. The van der Waals surface area contributed by atoms with Gasteiger partial charge in [-0.05, 0) is 26.0 Å². The molecule has 0 bridgehead atoms. The van der Waals surface area contributed by atoms with Gasteiger partial charge in [0.05, 0.1) is 17.2 Å². The van der Waals surface area contributed by atoms with Gasteiger partial charge in [0.1, 0.15) is 5.75 Å². The molecule has 0 saturated carbocycles. The third-order valence-electron chi connectivity index (χ3n) is 3.29. The molecule has 120 valence electrons. The first-order chi connectivity index (χ1) is 9.75. The van der Waals surface area contributed by atoms with Crippen molar-refractivity contribution < 1.29 is 9.47 Å². The lowest BCUT2D eigenvalue weighted by Crippen LogP contribution is -2.25. The first kappa shape index (κ1) is 18.6. The topological polar surface area (TPSA) is 30.5 Å². The fourth-order valence-corrected chi connectivity index (χ4v) is 2.31. The molecule has 0 amide bonds. The summed E-state index contributed by atoms with van der Waals surface area (Å²) in [5, 5.41) is 4.51. The monoisotopic (exact) mass is 333 g/mol. The van der Waals surface area contributed by atoms with Gasteiger partial charge >= 0.3 is 0 Å². The van der Waals surface area contributed by atoms with Crippen LogP contribution in [0.15, 0.2) is 12.1 Å². The molecule has 0 atom stereocenters. The van der Waals surface area contributed by atoms with Gasteiger partial charge in [-0.1, -0.05) is 37.0 Å². The van der Waals surface area contributed by atoms with Crippen molar-refractivity contribution in [2.24, 2.45) is 0 Å². The molecule has 0 radical (unpaired) electrons. The molecule has 1 aromatic rings. The van der Waals surface area contributed by atoms with Crippen molar-refractivity contribution in [2.75, 3.05) is 13.7 Å². The third kappa shape index (κ3) is 6.43. The zero-order chi connectivity index (χ0) is 16.0. The molecule has 0 heterocycles. The van der Waals surface area contributed by atoms with E-state index in [1.165, 1.54) is 0 Å². The molecule has 0 spiro atoms. The molecule has 1 rings (SSSR count). The molecule has 0 aromatic heterocycles. The van der Waals surface area contributed by atoms with E-state index in [9.17, 15) is 0 Å². The lowest BCUT2D eigenvalue weighted by Gasteiger charge is -2.23. The number of benzene rings is 1. The fraction of sp³-hybridized carbons (Fsp3) is 0.625. The van der Waals surface area contributed by atoms with Crippen molar-refractivity contribution in [1.29, 1.82) is 0 Å². The average molecular weight is 334 g/mol. The molecule has 1 N–H and O–H groups in total. The predicted octanol–water partition coefficient (Wildman–Crippen LogP) is 4.69. The van der Waals surface area contributed by atoms with E-state index in [-0.39, 0.29) is 5.60 Å². The van der Waals surface area contributed by atoms with Crippen LogP contribution in [0.4, 0.5) is 0 Å². The highest BCUT2D eigenvalue weighted by Gasteiger charge is 2.17. The maximum absolute atomic E-state index is 6.27. The van der Waals surface area contributed by atoms with Crippen LogP contribution in [0, 0.1) is 0 Å². The van der Waals surface area contributed by atoms with Crippen LogP contribution in [0.3, 0.4) is 0 Å². The molecule has 0 aliphatic heterocycles. The molecule has 0 aliphatic rings. The number of hydrogen-bond donors (Lipinski definition) is 1. The summed E-state index contributed by atoms with van der Waals surface area (Å²) >= 11 is 12.3. The maximum Gasteiger partial charge on any atom is 0.142 e. The van der Waals surface area contributed by atoms with Crippen LogP contribution in [0.5, 0.6) is 5.75 Å². The number of halogens is 2. The lowest BCUT2D eigenvalue weighted by atomic mass is 10.1. The van der Waals surface area contributed by atoms with Crippen LogP contribution < -0.4 is 10.1 Å². The minimum absolute atomic E-state index is 0.213. The number of methoxy groups -OCH3 is 1. The van der Waals surface area contributed by atoms with Crippen molar-refractivity contribution in [3.8, 4) is 5.75 Å². The van der Waals surface area contributed by atoms with E-state index in [0.29, 0.717) is 35.0 Å². The van der Waals surface area contributed by atoms with Gasteiger partial charge in [0.25, 0.3) is 0 Å². The Morgan fingerprint density at radius 2 is 1.90 bits per heavy atom. The van der Waals surface area contributed by atoms with Gasteiger partial charge < -0.3 is 14.8 Å². The Morgan fingerprint density at radius 3 is 2.48 bits per heavy atom. The van der Waals surface area contributed by atoms with Gasteiger partial charge in [0.15, 0.2) is 0 Å². The maximum atomic E-state index is 6.27. The Kier molecular flexibility index (Phi) is 7.28. The molecule has 1 aromatic carbocycles. The number of rotatable bonds is 8. The van der Waals surface area contributed by atoms with Gasteiger partial charge in [-0.25, -0.2) is 0 Å². The van der Waals surface area contributed by atoms with Crippen molar-refractivity contribution in [3.63, 3.8) is 0 Å². The zero-order valence-corrected chi connectivity index (χ0v) is 14.9. The average Bonchev–Trinajstić information content (AvgIpc) is 2.38. The first-order valence-electron chi connectivity index (χ1n) is 7.14. The van der Waals surface area contributed by atoms with E-state index in [2.05, 4.69) is 19.2 Å². The summed E-state index contributed by atoms with van der Waals surface area (Å²) in [5.74, 6) is 0.695. The van der Waals surface area contributed by atoms with E-state index < -0.39 is 0 Å². The molecule has 0 unspecified atom stereocenters. The van der Waals surface area contributed by atoms with Gasteiger partial charge in [0, 0.05) is 36.7 Å². The van der Waals surface area contributed by atoms with Crippen molar-refractivity contribution >= 4 is 23.2 Å². The van der Waals surface area contributed by atoms with Gasteiger partial charge in [0.2, 0.25) is 0 Å².